The largest absolute Gasteiger partial charge is 0.296 e. The van der Waals surface area contributed by atoms with Crippen molar-refractivity contribution >= 4 is 11.0 Å². The third-order valence-electron chi connectivity index (χ3n) is 10.1. The summed E-state index contributed by atoms with van der Waals surface area (Å²) in [6.45, 7) is 6.61. The van der Waals surface area contributed by atoms with Gasteiger partial charge < -0.3 is 0 Å². The first-order chi connectivity index (χ1) is 27.8. The van der Waals surface area contributed by atoms with Crippen LogP contribution in [0.1, 0.15) is 32.2 Å². The number of fused-ring (bicyclic) bond motifs is 1. The lowest BCUT2D eigenvalue weighted by Gasteiger charge is -2.21. The van der Waals surface area contributed by atoms with E-state index in [0.29, 0.717) is 23.0 Å². The van der Waals surface area contributed by atoms with Crippen molar-refractivity contribution in [3.8, 4) is 79.3 Å². The van der Waals surface area contributed by atoms with Gasteiger partial charge in [-0.15, -0.1) is 0 Å². The van der Waals surface area contributed by atoms with Crippen LogP contribution in [0.5, 0.6) is 0 Å². The number of aromatic nitrogens is 5. The maximum Gasteiger partial charge on any atom is 0.164 e. The first kappa shape index (κ1) is 35.2. The lowest BCUT2D eigenvalue weighted by molar-refractivity contribution is 0.539. The number of hydrogen-bond donors (Lipinski definition) is 0. The van der Waals surface area contributed by atoms with Gasteiger partial charge >= 0.3 is 0 Å². The van der Waals surface area contributed by atoms with E-state index in [1.807, 2.05) is 72.8 Å². The average Bonchev–Trinajstić information content (AvgIpc) is 3.68. The second kappa shape index (κ2) is 14.6. The zero-order valence-corrected chi connectivity index (χ0v) is 31.9. The minimum absolute atomic E-state index is 0.173. The quantitative estimate of drug-likeness (QED) is 0.163. The maximum absolute atomic E-state index is 9.39. The van der Waals surface area contributed by atoms with Crippen LogP contribution in [0.25, 0.3) is 84.3 Å². The van der Waals surface area contributed by atoms with E-state index in [4.69, 9.17) is 19.9 Å². The lowest BCUT2D eigenvalue weighted by Crippen LogP contribution is -2.18. The van der Waals surface area contributed by atoms with E-state index in [1.54, 1.807) is 0 Å². The Morgan fingerprint density at radius 1 is 0.439 bits per heavy atom. The van der Waals surface area contributed by atoms with Gasteiger partial charge in [0.15, 0.2) is 17.5 Å². The molecule has 0 fully saturated rings. The smallest absolute Gasteiger partial charge is 0.164 e. The molecule has 6 heteroatoms. The highest BCUT2D eigenvalue weighted by Gasteiger charge is 2.24. The molecule has 57 heavy (non-hydrogen) atoms. The van der Waals surface area contributed by atoms with Crippen LogP contribution >= 0.6 is 0 Å². The van der Waals surface area contributed by atoms with Gasteiger partial charge in [-0.3, -0.25) is 4.57 Å². The first-order valence-corrected chi connectivity index (χ1v) is 19.0. The Kier molecular flexibility index (Phi) is 9.04. The summed E-state index contributed by atoms with van der Waals surface area (Å²) < 4.78 is 2.28. The van der Waals surface area contributed by atoms with E-state index >= 15 is 0 Å². The third-order valence-corrected chi connectivity index (χ3v) is 10.1. The molecule has 0 N–H and O–H groups in total. The first-order valence-electron chi connectivity index (χ1n) is 19.0. The molecule has 0 radical (unpaired) electrons. The van der Waals surface area contributed by atoms with Gasteiger partial charge in [0.1, 0.15) is 5.82 Å². The molecule has 0 bridgehead atoms. The fourth-order valence-electron chi connectivity index (χ4n) is 7.34. The summed E-state index contributed by atoms with van der Waals surface area (Å²) in [7, 11) is 0. The molecule has 0 atom stereocenters. The van der Waals surface area contributed by atoms with Crippen LogP contribution in [0.3, 0.4) is 0 Å². The van der Waals surface area contributed by atoms with Crippen LogP contribution in [0.4, 0.5) is 0 Å². The highest BCUT2D eigenvalue weighted by Crippen LogP contribution is 2.36. The zero-order valence-electron chi connectivity index (χ0n) is 31.9. The molecule has 0 saturated heterocycles. The van der Waals surface area contributed by atoms with Crippen molar-refractivity contribution in [2.24, 2.45) is 0 Å². The van der Waals surface area contributed by atoms with Gasteiger partial charge in [-0.25, -0.2) is 19.9 Å². The number of benzene rings is 7. The van der Waals surface area contributed by atoms with E-state index in [1.165, 1.54) is 0 Å². The minimum Gasteiger partial charge on any atom is -0.296 e. The SMILES string of the molecule is CC(C)(C)c1nc2ccccc2n1-c1cccc(-c2ccccc2-c2nc(-c3ccccc3)nc(-c3cccc(-c4ccc(-c5cccc(C#N)c5)cc4)c3)n2)c1. The molecule has 272 valence electrons. The van der Waals surface area contributed by atoms with E-state index in [2.05, 4.69) is 135 Å². The second-order valence-electron chi connectivity index (χ2n) is 15.1. The Morgan fingerprint density at radius 3 is 1.74 bits per heavy atom. The Bertz CT molecular complexity index is 2950. The van der Waals surface area contributed by atoms with Crippen LogP contribution in [-0.2, 0) is 5.41 Å². The van der Waals surface area contributed by atoms with Crippen LogP contribution in [0.2, 0.25) is 0 Å². The highest BCUT2D eigenvalue weighted by atomic mass is 15.1. The molecule has 2 heterocycles. The predicted molar refractivity (Wildman–Crippen MR) is 230 cm³/mol. The number of imidazole rings is 1. The molecular weight excluding hydrogens is 697 g/mol. The number of hydrogen-bond acceptors (Lipinski definition) is 5. The second-order valence-corrected chi connectivity index (χ2v) is 15.1. The minimum atomic E-state index is -0.173. The Balaban J connectivity index is 1.14. The summed E-state index contributed by atoms with van der Waals surface area (Å²) in [6.07, 6.45) is 0. The van der Waals surface area contributed by atoms with Crippen molar-refractivity contribution in [2.45, 2.75) is 26.2 Å². The van der Waals surface area contributed by atoms with E-state index in [-0.39, 0.29) is 5.41 Å². The van der Waals surface area contributed by atoms with E-state index < -0.39 is 0 Å². The van der Waals surface area contributed by atoms with Gasteiger partial charge in [0, 0.05) is 27.8 Å². The van der Waals surface area contributed by atoms with Gasteiger partial charge in [-0.05, 0) is 75.8 Å². The molecule has 9 rings (SSSR count). The number of rotatable bonds is 7. The van der Waals surface area contributed by atoms with Gasteiger partial charge in [0.2, 0.25) is 0 Å². The average molecular weight is 735 g/mol. The zero-order chi connectivity index (χ0) is 38.9. The Morgan fingerprint density at radius 2 is 1.00 bits per heavy atom. The molecular formula is C51H38N6. The predicted octanol–water partition coefficient (Wildman–Crippen LogP) is 12.4. The molecule has 0 saturated carbocycles. The fourth-order valence-corrected chi connectivity index (χ4v) is 7.34. The van der Waals surface area contributed by atoms with Crippen LogP contribution in [0.15, 0.2) is 176 Å². The molecule has 7 aromatic carbocycles. The Hall–Kier alpha value is -7.49. The number of para-hydroxylation sites is 2. The van der Waals surface area contributed by atoms with Crippen molar-refractivity contribution < 1.29 is 0 Å². The topological polar surface area (TPSA) is 80.3 Å². The van der Waals surface area contributed by atoms with Gasteiger partial charge in [0.05, 0.1) is 22.7 Å². The molecule has 0 spiro atoms. The van der Waals surface area contributed by atoms with Crippen LogP contribution in [-0.4, -0.2) is 24.5 Å². The van der Waals surface area contributed by atoms with Crippen LogP contribution < -0.4 is 0 Å². The Labute approximate surface area is 332 Å². The van der Waals surface area contributed by atoms with Crippen molar-refractivity contribution in [3.63, 3.8) is 0 Å². The maximum atomic E-state index is 9.39. The molecule has 2 aromatic heterocycles. The monoisotopic (exact) mass is 734 g/mol. The number of nitriles is 1. The summed E-state index contributed by atoms with van der Waals surface area (Å²) in [5, 5.41) is 9.39. The highest BCUT2D eigenvalue weighted by molar-refractivity contribution is 5.84. The number of nitrogens with zero attached hydrogens (tertiary/aromatic N) is 6. The van der Waals surface area contributed by atoms with E-state index in [9.17, 15) is 5.26 Å². The molecule has 6 nitrogen and oxygen atoms in total. The summed E-state index contributed by atoms with van der Waals surface area (Å²) in [4.78, 5) is 20.4. The normalized spacial score (nSPS) is 11.4. The van der Waals surface area contributed by atoms with Gasteiger partial charge in [-0.1, -0.05) is 154 Å². The van der Waals surface area contributed by atoms with Crippen molar-refractivity contribution in [1.82, 2.24) is 24.5 Å². The molecule has 0 amide bonds. The van der Waals surface area contributed by atoms with Crippen molar-refractivity contribution in [3.05, 3.63) is 187 Å². The summed E-state index contributed by atoms with van der Waals surface area (Å²) in [5.41, 5.74) is 12.5. The summed E-state index contributed by atoms with van der Waals surface area (Å²) in [5.74, 6) is 2.80. The lowest BCUT2D eigenvalue weighted by atomic mass is 9.95. The summed E-state index contributed by atoms with van der Waals surface area (Å²) >= 11 is 0. The van der Waals surface area contributed by atoms with Crippen molar-refractivity contribution in [2.75, 3.05) is 0 Å². The molecule has 0 aliphatic carbocycles. The summed E-state index contributed by atoms with van der Waals surface area (Å²) in [6, 6.07) is 62.0. The molecule has 0 aliphatic rings. The van der Waals surface area contributed by atoms with Gasteiger partial charge in [0.25, 0.3) is 0 Å². The van der Waals surface area contributed by atoms with Crippen molar-refractivity contribution in [1.29, 1.82) is 5.26 Å². The standard InChI is InChI=1S/C51H38N6/c1-51(2,3)50-53-45-24-9-10-25-46(45)57(50)42-21-13-19-40(32-42)43-22-7-8-23-44(43)49-55-47(37-15-5-4-6-16-37)54-48(56-49)41-20-12-18-39(31-41)36-28-26-35(27-29-36)38-17-11-14-34(30-38)33-52/h4-32H,1-3H3. The molecule has 0 aliphatic heterocycles. The van der Waals surface area contributed by atoms with Gasteiger partial charge in [-0.2, -0.15) is 5.26 Å². The van der Waals surface area contributed by atoms with Crippen LogP contribution in [0, 0.1) is 11.3 Å². The third kappa shape index (κ3) is 6.99. The molecule has 0 unspecified atom stereocenters. The molecule has 9 aromatic rings. The fraction of sp³-hybridized carbons (Fsp3) is 0.0784. The van der Waals surface area contributed by atoms with E-state index in [0.717, 1.165) is 72.6 Å².